The van der Waals surface area contributed by atoms with Gasteiger partial charge in [0.2, 0.25) is 5.88 Å². The smallest absolute Gasteiger partial charge is 0.417 e. The van der Waals surface area contributed by atoms with Crippen LogP contribution in [0.5, 0.6) is 5.88 Å². The number of benzene rings is 1. The number of nitrogens with zero attached hydrogens (tertiary/aromatic N) is 1. The molecule has 0 fully saturated rings. The summed E-state index contributed by atoms with van der Waals surface area (Å²) in [5.74, 6) is 0.185. The first kappa shape index (κ1) is 29.2. The number of hydrogen-bond donors (Lipinski definition) is 0. The lowest BCUT2D eigenvalue weighted by Crippen LogP contribution is -2.11. The number of halogens is 3. The summed E-state index contributed by atoms with van der Waals surface area (Å²) in [4.78, 5) is 27.6. The third-order valence-corrected chi connectivity index (χ3v) is 6.21. The van der Waals surface area contributed by atoms with Crippen molar-refractivity contribution in [3.8, 4) is 17.0 Å². The molecular weight excluding hydrogens is 499 g/mol. The lowest BCUT2D eigenvalue weighted by atomic mass is 10.00. The summed E-state index contributed by atoms with van der Waals surface area (Å²) in [7, 11) is 0. The molecule has 0 atom stereocenters. The zero-order valence-electron chi connectivity index (χ0n) is 21.6. The van der Waals surface area contributed by atoms with E-state index in [2.05, 4.69) is 4.98 Å². The van der Waals surface area contributed by atoms with Crippen molar-refractivity contribution in [2.24, 2.45) is 0 Å². The predicted octanol–water partition coefficient (Wildman–Crippen LogP) is 7.72. The van der Waals surface area contributed by atoms with Crippen LogP contribution in [0, 0.1) is 0 Å². The van der Waals surface area contributed by atoms with Gasteiger partial charge < -0.3 is 13.9 Å². The van der Waals surface area contributed by atoms with Crippen LogP contribution in [0.25, 0.3) is 22.1 Å². The van der Waals surface area contributed by atoms with Crippen molar-refractivity contribution in [3.63, 3.8) is 0 Å². The highest BCUT2D eigenvalue weighted by Crippen LogP contribution is 2.36. The molecule has 3 aromatic rings. The lowest BCUT2D eigenvalue weighted by Gasteiger charge is -2.12. The van der Waals surface area contributed by atoms with E-state index in [9.17, 15) is 22.8 Å². The molecule has 0 unspecified atom stereocenters. The highest BCUT2D eigenvalue weighted by Gasteiger charge is 2.34. The van der Waals surface area contributed by atoms with Crippen LogP contribution in [0.1, 0.15) is 76.7 Å². The fourth-order valence-corrected chi connectivity index (χ4v) is 4.14. The molecule has 0 aliphatic carbocycles. The molecule has 206 valence electrons. The highest BCUT2D eigenvalue weighted by molar-refractivity contribution is 5.82. The Hall–Kier alpha value is -3.36. The maximum Gasteiger partial charge on any atom is 0.417 e. The van der Waals surface area contributed by atoms with Gasteiger partial charge in [0.15, 0.2) is 5.58 Å². The summed E-state index contributed by atoms with van der Waals surface area (Å²) in [6.07, 6.45) is 6.79. The van der Waals surface area contributed by atoms with Gasteiger partial charge in [-0.3, -0.25) is 4.79 Å². The van der Waals surface area contributed by atoms with Crippen molar-refractivity contribution in [1.29, 1.82) is 0 Å². The second-order valence-electron chi connectivity index (χ2n) is 9.16. The Morgan fingerprint density at radius 3 is 2.18 bits per heavy atom. The number of aromatic nitrogens is 1. The van der Waals surface area contributed by atoms with Crippen LogP contribution in [0.2, 0.25) is 0 Å². The molecule has 0 spiro atoms. The van der Waals surface area contributed by atoms with Crippen LogP contribution < -0.4 is 10.4 Å². The molecule has 3 rings (SSSR count). The van der Waals surface area contributed by atoms with Crippen LogP contribution in [-0.2, 0) is 15.7 Å². The normalized spacial score (nSPS) is 11.6. The minimum absolute atomic E-state index is 0.140. The summed E-state index contributed by atoms with van der Waals surface area (Å²) in [6, 6.07) is 7.88. The monoisotopic (exact) mass is 533 g/mol. The summed E-state index contributed by atoms with van der Waals surface area (Å²) < 4.78 is 56.4. The van der Waals surface area contributed by atoms with Crippen LogP contribution >= 0.6 is 0 Å². The van der Waals surface area contributed by atoms with E-state index in [1.807, 2.05) is 0 Å². The van der Waals surface area contributed by atoms with Crippen molar-refractivity contribution in [3.05, 3.63) is 58.6 Å². The zero-order valence-corrected chi connectivity index (χ0v) is 21.6. The van der Waals surface area contributed by atoms with Crippen molar-refractivity contribution >= 4 is 16.9 Å². The molecule has 38 heavy (non-hydrogen) atoms. The number of fused-ring (bicyclic) bond motifs is 1. The molecule has 0 saturated carbocycles. The molecule has 1 aromatic carbocycles. The van der Waals surface area contributed by atoms with Gasteiger partial charge in [-0.25, -0.2) is 9.78 Å². The Morgan fingerprint density at radius 1 is 0.895 bits per heavy atom. The largest absolute Gasteiger partial charge is 0.478 e. The van der Waals surface area contributed by atoms with E-state index in [0.717, 1.165) is 51.0 Å². The Bertz CT molecular complexity index is 1240. The number of unbranched alkanes of at least 4 members (excludes halogenated alkanes) is 8. The molecule has 9 heteroatoms. The first-order chi connectivity index (χ1) is 18.3. The van der Waals surface area contributed by atoms with Crippen LogP contribution in [0.3, 0.4) is 0 Å². The first-order valence-electron chi connectivity index (χ1n) is 13.2. The molecule has 0 amide bonds. The summed E-state index contributed by atoms with van der Waals surface area (Å²) in [5, 5.41) is 0.435. The van der Waals surface area contributed by atoms with Crippen molar-refractivity contribution in [1.82, 2.24) is 4.98 Å². The number of carbonyl (C=O) groups is 1. The zero-order chi connectivity index (χ0) is 27.4. The molecule has 0 saturated heterocycles. The van der Waals surface area contributed by atoms with Gasteiger partial charge in [0, 0.05) is 23.4 Å². The first-order valence-corrected chi connectivity index (χ1v) is 13.2. The average Bonchev–Trinajstić information content (AvgIpc) is 2.90. The standard InChI is InChI=1S/C29H34F3NO5/c1-2-27(34)37-17-13-9-7-5-3-4-6-8-12-16-36-26-19-21-18-23(28(35)38-25(21)20-33-26)22-14-10-11-15-24(22)29(30,31)32/h10-11,14-15,18-20H,2-9,12-13,16-17H2,1H3. The topological polar surface area (TPSA) is 78.6 Å². The molecule has 0 aliphatic heterocycles. The Labute approximate surface area is 220 Å². The van der Waals surface area contributed by atoms with E-state index in [0.29, 0.717) is 30.9 Å². The molecule has 0 bridgehead atoms. The Balaban J connectivity index is 1.42. The second kappa shape index (κ2) is 14.5. The van der Waals surface area contributed by atoms with Gasteiger partial charge in [-0.1, -0.05) is 70.1 Å². The van der Waals surface area contributed by atoms with Gasteiger partial charge in [-0.05, 0) is 25.0 Å². The maximum absolute atomic E-state index is 13.4. The van der Waals surface area contributed by atoms with E-state index in [-0.39, 0.29) is 22.7 Å². The van der Waals surface area contributed by atoms with Crippen molar-refractivity contribution in [2.75, 3.05) is 13.2 Å². The maximum atomic E-state index is 13.4. The van der Waals surface area contributed by atoms with E-state index in [4.69, 9.17) is 13.9 Å². The molecule has 2 aromatic heterocycles. The number of esters is 1. The predicted molar refractivity (Wildman–Crippen MR) is 139 cm³/mol. The number of rotatable bonds is 15. The number of pyridine rings is 1. The lowest BCUT2D eigenvalue weighted by molar-refractivity contribution is -0.143. The fourth-order valence-electron chi connectivity index (χ4n) is 4.14. The van der Waals surface area contributed by atoms with E-state index >= 15 is 0 Å². The van der Waals surface area contributed by atoms with E-state index < -0.39 is 17.4 Å². The van der Waals surface area contributed by atoms with Crippen LogP contribution in [-0.4, -0.2) is 24.2 Å². The molecule has 2 heterocycles. The molecule has 0 N–H and O–H groups in total. The SMILES string of the molecule is CCC(=O)OCCCCCCCCCCCOc1cc2cc(-c3ccccc3C(F)(F)F)c(=O)oc2cn1. The van der Waals surface area contributed by atoms with E-state index in [1.165, 1.54) is 43.3 Å². The van der Waals surface area contributed by atoms with Gasteiger partial charge in [0.1, 0.15) is 0 Å². The molecular formula is C29H34F3NO5. The summed E-state index contributed by atoms with van der Waals surface area (Å²) >= 11 is 0. The highest BCUT2D eigenvalue weighted by atomic mass is 19.4. The summed E-state index contributed by atoms with van der Waals surface area (Å²) in [6.45, 7) is 2.77. The van der Waals surface area contributed by atoms with Crippen LogP contribution in [0.4, 0.5) is 13.2 Å². The van der Waals surface area contributed by atoms with Crippen molar-refractivity contribution < 1.29 is 31.9 Å². The minimum atomic E-state index is -4.60. The number of carbonyl (C=O) groups excluding carboxylic acids is 1. The van der Waals surface area contributed by atoms with Gasteiger partial charge in [-0.15, -0.1) is 0 Å². The Kier molecular flexibility index (Phi) is 11.2. The van der Waals surface area contributed by atoms with Crippen LogP contribution in [0.15, 0.2) is 51.8 Å². The molecule has 0 aliphatic rings. The third kappa shape index (κ3) is 8.89. The third-order valence-electron chi connectivity index (χ3n) is 6.21. The van der Waals surface area contributed by atoms with Gasteiger partial charge in [-0.2, -0.15) is 13.2 Å². The van der Waals surface area contributed by atoms with Gasteiger partial charge in [0.25, 0.3) is 0 Å². The minimum Gasteiger partial charge on any atom is -0.478 e. The van der Waals surface area contributed by atoms with Crippen molar-refractivity contribution in [2.45, 2.75) is 77.3 Å². The van der Waals surface area contributed by atoms with Gasteiger partial charge >= 0.3 is 17.8 Å². The number of ether oxygens (including phenoxy) is 2. The second-order valence-corrected chi connectivity index (χ2v) is 9.16. The van der Waals surface area contributed by atoms with Gasteiger partial charge in [0.05, 0.1) is 30.5 Å². The average molecular weight is 534 g/mol. The summed E-state index contributed by atoms with van der Waals surface area (Å²) in [5.41, 5.74) is -1.97. The molecule has 0 radical (unpaired) electrons. The number of hydrogen-bond acceptors (Lipinski definition) is 6. The molecule has 6 nitrogen and oxygen atoms in total. The number of alkyl halides is 3. The fraction of sp³-hybridized carbons (Fsp3) is 0.483. The Morgan fingerprint density at radius 2 is 1.53 bits per heavy atom. The van der Waals surface area contributed by atoms with E-state index in [1.54, 1.807) is 13.0 Å². The quantitative estimate of drug-likeness (QED) is 0.147.